The molecule has 7 nitrogen and oxygen atoms in total. The molecule has 0 radical (unpaired) electrons. The van der Waals surface area contributed by atoms with Gasteiger partial charge in [-0.1, -0.05) is 0 Å². The molecule has 1 amide bonds. The van der Waals surface area contributed by atoms with Gasteiger partial charge >= 0.3 is 11.9 Å². The summed E-state index contributed by atoms with van der Waals surface area (Å²) in [6, 6.07) is -1.47. The Labute approximate surface area is 120 Å². The minimum absolute atomic E-state index is 0.101. The molecule has 0 bridgehead atoms. The summed E-state index contributed by atoms with van der Waals surface area (Å²) < 4.78 is 9.51. The zero-order chi connectivity index (χ0) is 15.1. The molecule has 110 valence electrons. The summed E-state index contributed by atoms with van der Waals surface area (Å²) in [7, 11) is 0. The number of ether oxygens (including phenoxy) is 2. The number of aryl methyl sites for hydroxylation is 1. The number of rotatable bonds is 6. The summed E-state index contributed by atoms with van der Waals surface area (Å²) in [5, 5.41) is 2.31. The number of nitrogens with zero attached hydrogens (tertiary/aromatic N) is 1. The minimum atomic E-state index is -1.47. The molecule has 1 heterocycles. The van der Waals surface area contributed by atoms with Gasteiger partial charge in [-0.3, -0.25) is 4.79 Å². The Morgan fingerprint density at radius 3 is 2.20 bits per heavy atom. The van der Waals surface area contributed by atoms with Crippen LogP contribution in [0.2, 0.25) is 0 Å². The Balaban J connectivity index is 2.84. The minimum Gasteiger partial charge on any atom is -0.464 e. The first kappa shape index (κ1) is 16.1. The van der Waals surface area contributed by atoms with Crippen molar-refractivity contribution in [1.29, 1.82) is 0 Å². The smallest absolute Gasteiger partial charge is 0.340 e. The van der Waals surface area contributed by atoms with Crippen molar-refractivity contribution in [2.75, 3.05) is 13.2 Å². The van der Waals surface area contributed by atoms with E-state index in [2.05, 4.69) is 10.3 Å². The van der Waals surface area contributed by atoms with E-state index in [4.69, 9.17) is 9.47 Å². The number of hydrogen-bond acceptors (Lipinski definition) is 7. The fraction of sp³-hybridized carbons (Fsp3) is 0.500. The summed E-state index contributed by atoms with van der Waals surface area (Å²) in [5.74, 6) is -2.25. The van der Waals surface area contributed by atoms with Gasteiger partial charge in [0.15, 0.2) is 0 Å². The van der Waals surface area contributed by atoms with E-state index >= 15 is 0 Å². The number of carbonyl (C=O) groups is 3. The summed E-state index contributed by atoms with van der Waals surface area (Å²) >= 11 is 1.12. The maximum absolute atomic E-state index is 12.0. The number of thiazole rings is 1. The predicted octanol–water partition coefficient (Wildman–Crippen LogP) is 0.676. The SMILES string of the molecule is CCOC(=O)C(NC(=O)c1scnc1C)C(=O)OCC. The Kier molecular flexibility index (Phi) is 6.10. The maximum Gasteiger partial charge on any atom is 0.340 e. The highest BCUT2D eigenvalue weighted by atomic mass is 32.1. The van der Waals surface area contributed by atoms with Gasteiger partial charge in [-0.2, -0.15) is 0 Å². The van der Waals surface area contributed by atoms with Gasteiger partial charge in [0.25, 0.3) is 5.91 Å². The Morgan fingerprint density at radius 2 is 1.80 bits per heavy atom. The number of aromatic nitrogens is 1. The van der Waals surface area contributed by atoms with Gasteiger partial charge in [0.2, 0.25) is 6.04 Å². The van der Waals surface area contributed by atoms with Crippen molar-refractivity contribution >= 4 is 29.2 Å². The largest absolute Gasteiger partial charge is 0.464 e. The van der Waals surface area contributed by atoms with Crippen LogP contribution in [0.25, 0.3) is 0 Å². The molecule has 8 heteroatoms. The van der Waals surface area contributed by atoms with E-state index in [1.807, 2.05) is 0 Å². The number of esters is 2. The van der Waals surface area contributed by atoms with Crippen LogP contribution in [0, 0.1) is 6.92 Å². The van der Waals surface area contributed by atoms with E-state index in [0.29, 0.717) is 10.6 Å². The molecule has 0 saturated carbocycles. The molecule has 1 N–H and O–H groups in total. The molecule has 0 unspecified atom stereocenters. The number of hydrogen-bond donors (Lipinski definition) is 1. The molecule has 0 spiro atoms. The van der Waals surface area contributed by atoms with Crippen molar-refractivity contribution in [2.24, 2.45) is 0 Å². The van der Waals surface area contributed by atoms with Gasteiger partial charge in [-0.15, -0.1) is 11.3 Å². The van der Waals surface area contributed by atoms with E-state index in [1.165, 1.54) is 5.51 Å². The first-order chi connectivity index (χ1) is 9.51. The van der Waals surface area contributed by atoms with Crippen LogP contribution in [0.5, 0.6) is 0 Å². The predicted molar refractivity (Wildman–Crippen MR) is 71.4 cm³/mol. The van der Waals surface area contributed by atoms with Crippen molar-refractivity contribution in [3.05, 3.63) is 16.1 Å². The number of carbonyl (C=O) groups excluding carboxylic acids is 3. The van der Waals surface area contributed by atoms with E-state index in [9.17, 15) is 14.4 Å². The standard InChI is InChI=1S/C12H16N2O5S/c1-4-18-11(16)8(12(17)19-5-2)14-10(15)9-7(3)13-6-20-9/h6,8H,4-5H2,1-3H3,(H,14,15). The zero-order valence-corrected chi connectivity index (χ0v) is 12.3. The highest BCUT2D eigenvalue weighted by Crippen LogP contribution is 2.12. The van der Waals surface area contributed by atoms with Crippen molar-refractivity contribution in [3.8, 4) is 0 Å². The lowest BCUT2D eigenvalue weighted by molar-refractivity contribution is -0.157. The lowest BCUT2D eigenvalue weighted by atomic mass is 10.2. The summed E-state index contributed by atoms with van der Waals surface area (Å²) in [5.41, 5.74) is 2.03. The molecule has 20 heavy (non-hydrogen) atoms. The Morgan fingerprint density at radius 1 is 1.25 bits per heavy atom. The molecule has 0 aromatic carbocycles. The van der Waals surface area contributed by atoms with Gasteiger partial charge in [0, 0.05) is 0 Å². The van der Waals surface area contributed by atoms with Crippen molar-refractivity contribution in [1.82, 2.24) is 10.3 Å². The van der Waals surface area contributed by atoms with E-state index in [1.54, 1.807) is 20.8 Å². The van der Waals surface area contributed by atoms with E-state index in [-0.39, 0.29) is 13.2 Å². The van der Waals surface area contributed by atoms with Gasteiger partial charge in [-0.05, 0) is 20.8 Å². The highest BCUT2D eigenvalue weighted by Gasteiger charge is 2.32. The highest BCUT2D eigenvalue weighted by molar-refractivity contribution is 7.11. The van der Waals surface area contributed by atoms with Gasteiger partial charge in [0.05, 0.1) is 24.4 Å². The summed E-state index contributed by atoms with van der Waals surface area (Å²) in [6.07, 6.45) is 0. The molecule has 0 aliphatic heterocycles. The molecule has 0 saturated heterocycles. The second-order valence-corrected chi connectivity index (χ2v) is 4.53. The normalized spacial score (nSPS) is 10.2. The Bertz CT molecular complexity index is 482. The van der Waals surface area contributed by atoms with Gasteiger partial charge in [-0.25, -0.2) is 14.6 Å². The Hall–Kier alpha value is -1.96. The van der Waals surface area contributed by atoms with Crippen molar-refractivity contribution in [3.63, 3.8) is 0 Å². The van der Waals surface area contributed by atoms with Gasteiger partial charge < -0.3 is 14.8 Å². The van der Waals surface area contributed by atoms with Crippen LogP contribution in [-0.2, 0) is 19.1 Å². The zero-order valence-electron chi connectivity index (χ0n) is 11.5. The maximum atomic E-state index is 12.0. The molecule has 1 rings (SSSR count). The molecule has 1 aromatic rings. The lowest BCUT2D eigenvalue weighted by Crippen LogP contribution is -2.48. The topological polar surface area (TPSA) is 94.6 Å². The molecule has 0 aliphatic rings. The summed E-state index contributed by atoms with van der Waals surface area (Å²) in [4.78, 5) is 39.7. The molecule has 0 atom stereocenters. The third-order valence-electron chi connectivity index (χ3n) is 2.27. The van der Waals surface area contributed by atoms with Crippen LogP contribution in [0.15, 0.2) is 5.51 Å². The lowest BCUT2D eigenvalue weighted by Gasteiger charge is -2.15. The first-order valence-corrected chi connectivity index (χ1v) is 6.93. The van der Waals surface area contributed by atoms with Crippen molar-refractivity contribution < 1.29 is 23.9 Å². The summed E-state index contributed by atoms with van der Waals surface area (Å²) in [6.45, 7) is 5.08. The van der Waals surface area contributed by atoms with Crippen LogP contribution >= 0.6 is 11.3 Å². The number of nitrogens with one attached hydrogen (secondary N) is 1. The van der Waals surface area contributed by atoms with Crippen LogP contribution in [0.1, 0.15) is 29.2 Å². The van der Waals surface area contributed by atoms with Crippen molar-refractivity contribution in [2.45, 2.75) is 26.8 Å². The molecular weight excluding hydrogens is 284 g/mol. The van der Waals surface area contributed by atoms with Gasteiger partial charge in [0.1, 0.15) is 4.88 Å². The van der Waals surface area contributed by atoms with Crippen LogP contribution in [0.4, 0.5) is 0 Å². The monoisotopic (exact) mass is 300 g/mol. The average molecular weight is 300 g/mol. The fourth-order valence-electron chi connectivity index (χ4n) is 1.38. The second-order valence-electron chi connectivity index (χ2n) is 3.68. The average Bonchev–Trinajstić information content (AvgIpc) is 2.82. The van der Waals surface area contributed by atoms with E-state index < -0.39 is 23.9 Å². The van der Waals surface area contributed by atoms with Crippen LogP contribution in [0.3, 0.4) is 0 Å². The molecule has 0 aliphatic carbocycles. The molecular formula is C12H16N2O5S. The molecule has 0 fully saturated rings. The van der Waals surface area contributed by atoms with E-state index in [0.717, 1.165) is 11.3 Å². The second kappa shape index (κ2) is 7.59. The third kappa shape index (κ3) is 4.02. The quantitative estimate of drug-likeness (QED) is 0.613. The fourth-order valence-corrected chi connectivity index (χ4v) is 2.09. The number of amides is 1. The van der Waals surface area contributed by atoms with Crippen LogP contribution in [-0.4, -0.2) is 42.1 Å². The third-order valence-corrected chi connectivity index (χ3v) is 3.20. The first-order valence-electron chi connectivity index (χ1n) is 6.05. The van der Waals surface area contributed by atoms with Crippen LogP contribution < -0.4 is 5.32 Å². The molecule has 1 aromatic heterocycles.